The number of ketones is 1. The first-order valence-electron chi connectivity index (χ1n) is 7.83. The molecule has 1 aliphatic heterocycles. The van der Waals surface area contributed by atoms with E-state index >= 15 is 0 Å². The molecule has 0 bridgehead atoms. The Morgan fingerprint density at radius 1 is 1.04 bits per heavy atom. The van der Waals surface area contributed by atoms with E-state index in [9.17, 15) is 4.79 Å². The maximum Gasteiger partial charge on any atom is 0.235 e. The molecule has 0 saturated heterocycles. The van der Waals surface area contributed by atoms with Crippen LogP contribution < -0.4 is 14.2 Å². The lowest BCUT2D eigenvalue weighted by atomic mass is 10.0. The number of Topliss-reactive ketones (excluding diaryl/α,β-unsaturated/α-hetero) is 1. The summed E-state index contributed by atoms with van der Waals surface area (Å²) in [6.07, 6.45) is 1.75. The van der Waals surface area contributed by atoms with Crippen LogP contribution in [0.3, 0.4) is 0 Å². The monoisotopic (exact) mass is 324 g/mol. The fourth-order valence-corrected chi connectivity index (χ4v) is 2.66. The SMILES string of the molecule is COc1cc(OC)c2c(c1)OC(=Cc1ccc(C(C)C)cc1)C2=O. The van der Waals surface area contributed by atoms with E-state index in [1.165, 1.54) is 12.7 Å². The average Bonchev–Trinajstić information content (AvgIpc) is 2.90. The van der Waals surface area contributed by atoms with E-state index in [2.05, 4.69) is 26.0 Å². The Morgan fingerprint density at radius 3 is 2.33 bits per heavy atom. The zero-order valence-electron chi connectivity index (χ0n) is 14.3. The molecule has 0 unspecified atom stereocenters. The molecule has 1 aliphatic rings. The first-order valence-corrected chi connectivity index (χ1v) is 7.83. The maximum absolute atomic E-state index is 12.6. The molecule has 0 atom stereocenters. The van der Waals surface area contributed by atoms with Crippen molar-refractivity contribution in [2.75, 3.05) is 14.2 Å². The number of ether oxygens (including phenoxy) is 3. The average molecular weight is 324 g/mol. The maximum atomic E-state index is 12.6. The number of rotatable bonds is 4. The number of fused-ring (bicyclic) bond motifs is 1. The molecule has 0 amide bonds. The summed E-state index contributed by atoms with van der Waals surface area (Å²) in [7, 11) is 3.08. The summed E-state index contributed by atoms with van der Waals surface area (Å²) in [6.45, 7) is 4.29. The lowest BCUT2D eigenvalue weighted by Crippen LogP contribution is -2.00. The van der Waals surface area contributed by atoms with Gasteiger partial charge in [0.1, 0.15) is 22.8 Å². The number of hydrogen-bond donors (Lipinski definition) is 0. The molecule has 24 heavy (non-hydrogen) atoms. The van der Waals surface area contributed by atoms with Crippen LogP contribution in [0, 0.1) is 0 Å². The second-order valence-electron chi connectivity index (χ2n) is 5.96. The Balaban J connectivity index is 1.95. The van der Waals surface area contributed by atoms with Gasteiger partial charge in [0.15, 0.2) is 5.76 Å². The van der Waals surface area contributed by atoms with Crippen LogP contribution in [0.5, 0.6) is 17.2 Å². The van der Waals surface area contributed by atoms with Gasteiger partial charge in [-0.1, -0.05) is 38.1 Å². The highest BCUT2D eigenvalue weighted by Gasteiger charge is 2.32. The second-order valence-corrected chi connectivity index (χ2v) is 5.96. The van der Waals surface area contributed by atoms with Gasteiger partial charge in [-0.05, 0) is 23.1 Å². The normalized spacial score (nSPS) is 14.7. The predicted molar refractivity (Wildman–Crippen MR) is 93.0 cm³/mol. The Morgan fingerprint density at radius 2 is 1.75 bits per heavy atom. The summed E-state index contributed by atoms with van der Waals surface area (Å²) < 4.78 is 16.3. The standard InChI is InChI=1S/C20H20O4/c1-12(2)14-7-5-13(6-8-14)9-18-20(21)19-16(23-4)10-15(22-3)11-17(19)24-18/h5-12H,1-4H3. The van der Waals surface area contributed by atoms with Gasteiger partial charge in [-0.2, -0.15) is 0 Å². The van der Waals surface area contributed by atoms with Crippen molar-refractivity contribution in [3.8, 4) is 17.2 Å². The Kier molecular flexibility index (Phi) is 4.30. The molecular weight excluding hydrogens is 304 g/mol. The molecule has 0 aromatic heterocycles. The molecule has 2 aromatic carbocycles. The third-order valence-electron chi connectivity index (χ3n) is 4.07. The third-order valence-corrected chi connectivity index (χ3v) is 4.07. The van der Waals surface area contributed by atoms with Crippen molar-refractivity contribution in [1.29, 1.82) is 0 Å². The minimum absolute atomic E-state index is 0.183. The van der Waals surface area contributed by atoms with Gasteiger partial charge < -0.3 is 14.2 Å². The van der Waals surface area contributed by atoms with E-state index in [4.69, 9.17) is 14.2 Å². The van der Waals surface area contributed by atoms with Crippen LogP contribution >= 0.6 is 0 Å². The van der Waals surface area contributed by atoms with Gasteiger partial charge in [0, 0.05) is 12.1 Å². The van der Waals surface area contributed by atoms with Crippen molar-refractivity contribution >= 4 is 11.9 Å². The van der Waals surface area contributed by atoms with Crippen LogP contribution in [0.25, 0.3) is 6.08 Å². The molecule has 4 nitrogen and oxygen atoms in total. The van der Waals surface area contributed by atoms with Gasteiger partial charge in [-0.15, -0.1) is 0 Å². The van der Waals surface area contributed by atoms with E-state index in [0.29, 0.717) is 28.7 Å². The summed E-state index contributed by atoms with van der Waals surface area (Å²) in [5, 5.41) is 0. The molecule has 0 fully saturated rings. The van der Waals surface area contributed by atoms with Crippen LogP contribution in [-0.4, -0.2) is 20.0 Å². The van der Waals surface area contributed by atoms with Gasteiger partial charge in [0.2, 0.25) is 5.78 Å². The molecule has 0 saturated carbocycles. The molecule has 0 aliphatic carbocycles. The first kappa shape index (κ1) is 16.1. The minimum Gasteiger partial charge on any atom is -0.496 e. The van der Waals surface area contributed by atoms with E-state index < -0.39 is 0 Å². The number of carbonyl (C=O) groups is 1. The zero-order valence-corrected chi connectivity index (χ0v) is 14.3. The fourth-order valence-electron chi connectivity index (χ4n) is 2.66. The molecule has 2 aromatic rings. The van der Waals surface area contributed by atoms with E-state index in [1.807, 2.05) is 12.1 Å². The van der Waals surface area contributed by atoms with Crippen LogP contribution in [0.1, 0.15) is 41.3 Å². The summed E-state index contributed by atoms with van der Waals surface area (Å²) in [5.74, 6) is 2.07. The molecule has 124 valence electrons. The second kappa shape index (κ2) is 6.40. The Bertz CT molecular complexity index is 801. The summed E-state index contributed by atoms with van der Waals surface area (Å²) in [4.78, 5) is 12.6. The van der Waals surface area contributed by atoms with Crippen LogP contribution in [0.2, 0.25) is 0 Å². The van der Waals surface area contributed by atoms with Gasteiger partial charge in [0.05, 0.1) is 14.2 Å². The van der Waals surface area contributed by atoms with E-state index in [0.717, 1.165) is 5.56 Å². The van der Waals surface area contributed by atoms with Crippen molar-refractivity contribution in [2.24, 2.45) is 0 Å². The number of methoxy groups -OCH3 is 2. The van der Waals surface area contributed by atoms with E-state index in [1.54, 1.807) is 25.3 Å². The van der Waals surface area contributed by atoms with Crippen LogP contribution in [-0.2, 0) is 0 Å². The van der Waals surface area contributed by atoms with Crippen LogP contribution in [0.15, 0.2) is 42.2 Å². The number of allylic oxidation sites excluding steroid dienone is 1. The molecule has 3 rings (SSSR count). The highest BCUT2D eigenvalue weighted by atomic mass is 16.5. The summed E-state index contributed by atoms with van der Waals surface area (Å²) >= 11 is 0. The van der Waals surface area contributed by atoms with Gasteiger partial charge in [0.25, 0.3) is 0 Å². The van der Waals surface area contributed by atoms with Crippen molar-refractivity contribution in [2.45, 2.75) is 19.8 Å². The smallest absolute Gasteiger partial charge is 0.235 e. The highest BCUT2D eigenvalue weighted by molar-refractivity contribution is 6.16. The largest absolute Gasteiger partial charge is 0.496 e. The lowest BCUT2D eigenvalue weighted by Gasteiger charge is -2.07. The van der Waals surface area contributed by atoms with Crippen molar-refractivity contribution < 1.29 is 19.0 Å². The zero-order chi connectivity index (χ0) is 17.3. The number of benzene rings is 2. The quantitative estimate of drug-likeness (QED) is 0.780. The summed E-state index contributed by atoms with van der Waals surface area (Å²) in [6, 6.07) is 11.5. The van der Waals surface area contributed by atoms with Crippen molar-refractivity contribution in [3.05, 3.63) is 58.8 Å². The Labute approximate surface area is 141 Å². The van der Waals surface area contributed by atoms with E-state index in [-0.39, 0.29) is 11.5 Å². The first-order chi connectivity index (χ1) is 11.5. The molecule has 0 N–H and O–H groups in total. The highest BCUT2D eigenvalue weighted by Crippen LogP contribution is 2.41. The Hall–Kier alpha value is -2.75. The van der Waals surface area contributed by atoms with Crippen molar-refractivity contribution in [3.63, 3.8) is 0 Å². The minimum atomic E-state index is -0.183. The predicted octanol–water partition coefficient (Wildman–Crippen LogP) is 4.44. The molecule has 0 radical (unpaired) electrons. The van der Waals surface area contributed by atoms with Crippen LogP contribution in [0.4, 0.5) is 0 Å². The van der Waals surface area contributed by atoms with Gasteiger partial charge >= 0.3 is 0 Å². The lowest BCUT2D eigenvalue weighted by molar-refractivity contribution is 0.101. The number of carbonyl (C=O) groups excluding carboxylic acids is 1. The third kappa shape index (κ3) is 2.87. The molecule has 1 heterocycles. The fraction of sp³-hybridized carbons (Fsp3) is 0.250. The van der Waals surface area contributed by atoms with Gasteiger partial charge in [-0.3, -0.25) is 4.79 Å². The molecule has 0 spiro atoms. The molecular formula is C20H20O4. The topological polar surface area (TPSA) is 44.8 Å². The number of hydrogen-bond acceptors (Lipinski definition) is 4. The van der Waals surface area contributed by atoms with Gasteiger partial charge in [-0.25, -0.2) is 0 Å². The molecule has 4 heteroatoms. The summed E-state index contributed by atoms with van der Waals surface area (Å²) in [5.41, 5.74) is 2.61. The van der Waals surface area contributed by atoms with Crippen molar-refractivity contribution in [1.82, 2.24) is 0 Å².